The summed E-state index contributed by atoms with van der Waals surface area (Å²) in [6.07, 6.45) is 5.21. The third-order valence-corrected chi connectivity index (χ3v) is 5.40. The summed E-state index contributed by atoms with van der Waals surface area (Å²) < 4.78 is 0. The first-order valence-electron chi connectivity index (χ1n) is 9.30. The number of nitrogens with one attached hydrogen (secondary N) is 1. The van der Waals surface area contributed by atoms with E-state index < -0.39 is 0 Å². The maximum atomic E-state index is 12.6. The van der Waals surface area contributed by atoms with Crippen molar-refractivity contribution in [3.63, 3.8) is 0 Å². The molecule has 30 heavy (non-hydrogen) atoms. The summed E-state index contributed by atoms with van der Waals surface area (Å²) in [5.41, 5.74) is 5.11. The first kappa shape index (κ1) is 20.1. The topological polar surface area (TPSA) is 54.9 Å². The summed E-state index contributed by atoms with van der Waals surface area (Å²) in [5.74, 6) is -0.156. The number of halogens is 2. The Labute approximate surface area is 184 Å². The van der Waals surface area contributed by atoms with E-state index in [-0.39, 0.29) is 5.91 Å². The van der Waals surface area contributed by atoms with E-state index in [1.54, 1.807) is 42.9 Å². The zero-order valence-corrected chi connectivity index (χ0v) is 17.4. The molecule has 0 spiro atoms. The number of hydrogen-bond donors (Lipinski definition) is 1. The lowest BCUT2D eigenvalue weighted by atomic mass is 10.0. The predicted octanol–water partition coefficient (Wildman–Crippen LogP) is 6.05. The van der Waals surface area contributed by atoms with E-state index in [4.69, 9.17) is 23.2 Å². The van der Waals surface area contributed by atoms with Crippen LogP contribution in [-0.4, -0.2) is 15.9 Å². The number of nitrogens with zero attached hydrogens (tertiary/aromatic N) is 2. The Hall–Kier alpha value is -3.21. The highest BCUT2D eigenvalue weighted by Gasteiger charge is 2.10. The van der Waals surface area contributed by atoms with Gasteiger partial charge in [0.1, 0.15) is 0 Å². The molecule has 0 aliphatic rings. The molecule has 2 heterocycles. The Bertz CT molecular complexity index is 1180. The van der Waals surface area contributed by atoms with Crippen LogP contribution in [-0.2, 0) is 6.54 Å². The zero-order valence-electron chi connectivity index (χ0n) is 15.8. The average Bonchev–Trinajstić information content (AvgIpc) is 2.80. The van der Waals surface area contributed by atoms with Crippen LogP contribution in [0.1, 0.15) is 15.9 Å². The first-order valence-corrected chi connectivity index (χ1v) is 10.1. The van der Waals surface area contributed by atoms with Crippen molar-refractivity contribution in [2.45, 2.75) is 6.54 Å². The number of hydrogen-bond acceptors (Lipinski definition) is 3. The highest BCUT2D eigenvalue weighted by Crippen LogP contribution is 2.28. The van der Waals surface area contributed by atoms with Gasteiger partial charge in [-0.15, -0.1) is 0 Å². The summed E-state index contributed by atoms with van der Waals surface area (Å²) in [6.45, 7) is 0.367. The van der Waals surface area contributed by atoms with Crippen LogP contribution in [0.2, 0.25) is 10.0 Å². The number of carbonyl (C=O) groups excluding carboxylic acids is 1. The van der Waals surface area contributed by atoms with Crippen LogP contribution < -0.4 is 5.32 Å². The second kappa shape index (κ2) is 9.08. The molecule has 148 valence electrons. The van der Waals surface area contributed by atoms with Gasteiger partial charge in [0.25, 0.3) is 5.91 Å². The van der Waals surface area contributed by atoms with E-state index in [1.807, 2.05) is 42.5 Å². The van der Waals surface area contributed by atoms with Crippen LogP contribution in [0, 0.1) is 0 Å². The molecule has 4 rings (SSSR count). The van der Waals surface area contributed by atoms with Crippen molar-refractivity contribution in [2.75, 3.05) is 0 Å². The largest absolute Gasteiger partial charge is 0.348 e. The average molecular weight is 434 g/mol. The van der Waals surface area contributed by atoms with E-state index >= 15 is 0 Å². The Kier molecular flexibility index (Phi) is 6.07. The number of pyridine rings is 2. The van der Waals surface area contributed by atoms with E-state index in [0.29, 0.717) is 22.2 Å². The number of amides is 1. The number of rotatable bonds is 5. The minimum atomic E-state index is -0.156. The third-order valence-electron chi connectivity index (χ3n) is 4.67. The van der Waals surface area contributed by atoms with Crippen molar-refractivity contribution in [1.82, 2.24) is 15.3 Å². The van der Waals surface area contributed by atoms with Crippen molar-refractivity contribution in [2.24, 2.45) is 0 Å². The molecule has 0 atom stereocenters. The molecular weight excluding hydrogens is 417 g/mol. The molecule has 1 N–H and O–H groups in total. The highest BCUT2D eigenvalue weighted by molar-refractivity contribution is 6.42. The smallest absolute Gasteiger partial charge is 0.251 e. The van der Waals surface area contributed by atoms with Crippen LogP contribution in [0.5, 0.6) is 0 Å². The molecule has 0 radical (unpaired) electrons. The van der Waals surface area contributed by atoms with Crippen LogP contribution in [0.3, 0.4) is 0 Å². The SMILES string of the molecule is O=C(NCc1cccnc1-c1cccnc1)c1ccc(-c2ccc(Cl)c(Cl)c2)cc1. The molecule has 2 aromatic heterocycles. The number of aromatic nitrogens is 2. The van der Waals surface area contributed by atoms with Gasteiger partial charge in [-0.3, -0.25) is 14.8 Å². The molecule has 0 aliphatic carbocycles. The van der Waals surface area contributed by atoms with Crippen molar-refractivity contribution >= 4 is 29.1 Å². The van der Waals surface area contributed by atoms with Crippen molar-refractivity contribution in [3.05, 3.63) is 106 Å². The summed E-state index contributed by atoms with van der Waals surface area (Å²) in [5, 5.41) is 3.97. The molecule has 4 nitrogen and oxygen atoms in total. The predicted molar refractivity (Wildman–Crippen MR) is 121 cm³/mol. The quantitative estimate of drug-likeness (QED) is 0.416. The third kappa shape index (κ3) is 4.51. The molecule has 0 aliphatic heterocycles. The molecule has 0 unspecified atom stereocenters. The first-order chi connectivity index (χ1) is 14.6. The maximum Gasteiger partial charge on any atom is 0.251 e. The van der Waals surface area contributed by atoms with E-state index in [9.17, 15) is 4.79 Å². The summed E-state index contributed by atoms with van der Waals surface area (Å²) in [4.78, 5) is 21.2. The van der Waals surface area contributed by atoms with Crippen LogP contribution in [0.4, 0.5) is 0 Å². The fourth-order valence-corrected chi connectivity index (χ4v) is 3.41. The molecule has 0 saturated carbocycles. The summed E-state index contributed by atoms with van der Waals surface area (Å²) >= 11 is 12.1. The van der Waals surface area contributed by atoms with Gasteiger partial charge in [-0.2, -0.15) is 0 Å². The fraction of sp³-hybridized carbons (Fsp3) is 0.0417. The lowest BCUT2D eigenvalue weighted by Crippen LogP contribution is -2.23. The minimum Gasteiger partial charge on any atom is -0.348 e. The van der Waals surface area contributed by atoms with Gasteiger partial charge in [0.2, 0.25) is 0 Å². The van der Waals surface area contributed by atoms with Crippen molar-refractivity contribution in [1.29, 1.82) is 0 Å². The number of benzene rings is 2. The van der Waals surface area contributed by atoms with E-state index in [1.165, 1.54) is 0 Å². The number of carbonyl (C=O) groups is 1. The van der Waals surface area contributed by atoms with Gasteiger partial charge in [-0.1, -0.05) is 47.5 Å². The van der Waals surface area contributed by atoms with Crippen LogP contribution in [0.15, 0.2) is 85.3 Å². The van der Waals surface area contributed by atoms with Crippen LogP contribution >= 0.6 is 23.2 Å². The molecule has 1 amide bonds. The van der Waals surface area contributed by atoms with Crippen LogP contribution in [0.25, 0.3) is 22.4 Å². The Balaban J connectivity index is 1.47. The Morgan fingerprint density at radius 2 is 1.60 bits per heavy atom. The Morgan fingerprint density at radius 1 is 0.833 bits per heavy atom. The molecule has 0 fully saturated rings. The molecule has 2 aromatic carbocycles. The highest BCUT2D eigenvalue weighted by atomic mass is 35.5. The minimum absolute atomic E-state index is 0.156. The maximum absolute atomic E-state index is 12.6. The molecule has 4 aromatic rings. The van der Waals surface area contributed by atoms with Gasteiger partial charge < -0.3 is 5.32 Å². The van der Waals surface area contributed by atoms with Crippen molar-refractivity contribution in [3.8, 4) is 22.4 Å². The van der Waals surface area contributed by atoms with Gasteiger partial charge >= 0.3 is 0 Å². The zero-order chi connectivity index (χ0) is 20.9. The second-order valence-electron chi connectivity index (χ2n) is 6.64. The van der Waals surface area contributed by atoms with Gasteiger partial charge in [0, 0.05) is 36.3 Å². The fourth-order valence-electron chi connectivity index (χ4n) is 3.11. The monoisotopic (exact) mass is 433 g/mol. The molecule has 6 heteroatoms. The lowest BCUT2D eigenvalue weighted by Gasteiger charge is -2.10. The molecule has 0 saturated heterocycles. The lowest BCUT2D eigenvalue weighted by molar-refractivity contribution is 0.0951. The van der Waals surface area contributed by atoms with Gasteiger partial charge in [0.15, 0.2) is 0 Å². The Morgan fingerprint density at radius 3 is 2.33 bits per heavy atom. The van der Waals surface area contributed by atoms with E-state index in [0.717, 1.165) is 27.9 Å². The van der Waals surface area contributed by atoms with Gasteiger partial charge in [-0.25, -0.2) is 0 Å². The summed E-state index contributed by atoms with van der Waals surface area (Å²) in [6, 6.07) is 20.4. The normalized spacial score (nSPS) is 10.6. The van der Waals surface area contributed by atoms with E-state index in [2.05, 4.69) is 15.3 Å². The van der Waals surface area contributed by atoms with Gasteiger partial charge in [0.05, 0.1) is 15.7 Å². The second-order valence-corrected chi connectivity index (χ2v) is 7.46. The van der Waals surface area contributed by atoms with Gasteiger partial charge in [-0.05, 0) is 59.2 Å². The van der Waals surface area contributed by atoms with Crippen molar-refractivity contribution < 1.29 is 4.79 Å². The summed E-state index contributed by atoms with van der Waals surface area (Å²) in [7, 11) is 0. The molecular formula is C24H17Cl2N3O. The molecule has 0 bridgehead atoms. The standard InChI is InChI=1S/C24H17Cl2N3O/c25-21-10-9-18(13-22(21)26)16-5-7-17(8-6-16)24(30)29-15-20-4-2-12-28-23(20)19-3-1-11-27-14-19/h1-14H,15H2,(H,29,30).